The number of hydrogen-bond donors (Lipinski definition) is 1. The predicted molar refractivity (Wildman–Crippen MR) is 39.7 cm³/mol. The smallest absolute Gasteiger partial charge is 0.150 e. The van der Waals surface area contributed by atoms with Crippen LogP contribution in [0.4, 0.5) is 0 Å². The van der Waals surface area contributed by atoms with Crippen molar-refractivity contribution in [2.24, 2.45) is 5.73 Å². The lowest BCUT2D eigenvalue weighted by Crippen LogP contribution is -2.01. The molecule has 4 heteroatoms. The molecule has 0 atom stereocenters. The van der Waals surface area contributed by atoms with E-state index in [1.807, 2.05) is 0 Å². The van der Waals surface area contributed by atoms with Gasteiger partial charge in [0.05, 0.1) is 17.6 Å². The molecule has 1 aromatic heterocycles. The number of halogens is 1. The second-order valence-electron chi connectivity index (χ2n) is 1.94. The van der Waals surface area contributed by atoms with E-state index in [9.17, 15) is 0 Å². The van der Waals surface area contributed by atoms with Gasteiger partial charge in [-0.2, -0.15) is 0 Å². The standard InChI is InChI=1S/C6H8ClN3/c1-4-6(7)9-3-5(2-8)10-4/h3H,2,8H2,1H3. The van der Waals surface area contributed by atoms with E-state index in [0.717, 1.165) is 11.4 Å². The topological polar surface area (TPSA) is 51.8 Å². The lowest BCUT2D eigenvalue weighted by atomic mass is 10.4. The first-order valence-electron chi connectivity index (χ1n) is 2.92. The van der Waals surface area contributed by atoms with Gasteiger partial charge in [-0.25, -0.2) is 4.98 Å². The van der Waals surface area contributed by atoms with Gasteiger partial charge in [-0.3, -0.25) is 4.98 Å². The fourth-order valence-corrected chi connectivity index (χ4v) is 0.704. The van der Waals surface area contributed by atoms with Crippen molar-refractivity contribution >= 4 is 11.6 Å². The quantitative estimate of drug-likeness (QED) is 0.659. The van der Waals surface area contributed by atoms with Gasteiger partial charge in [0.15, 0.2) is 0 Å². The van der Waals surface area contributed by atoms with Crippen LogP contribution in [-0.2, 0) is 6.54 Å². The molecule has 0 aliphatic heterocycles. The number of hydrogen-bond acceptors (Lipinski definition) is 3. The van der Waals surface area contributed by atoms with Crippen LogP contribution >= 0.6 is 11.6 Å². The molecule has 3 nitrogen and oxygen atoms in total. The SMILES string of the molecule is Cc1nc(CN)cnc1Cl. The van der Waals surface area contributed by atoms with Gasteiger partial charge in [0.25, 0.3) is 0 Å². The van der Waals surface area contributed by atoms with E-state index >= 15 is 0 Å². The zero-order chi connectivity index (χ0) is 7.56. The first kappa shape index (κ1) is 7.44. The molecule has 54 valence electrons. The molecule has 0 fully saturated rings. The first-order chi connectivity index (χ1) is 4.74. The summed E-state index contributed by atoms with van der Waals surface area (Å²) in [5.74, 6) is 0. The third-order valence-electron chi connectivity index (χ3n) is 1.15. The maximum absolute atomic E-state index is 5.62. The fraction of sp³-hybridized carbons (Fsp3) is 0.333. The van der Waals surface area contributed by atoms with Crippen LogP contribution in [-0.4, -0.2) is 9.97 Å². The van der Waals surface area contributed by atoms with Crippen molar-refractivity contribution in [2.45, 2.75) is 13.5 Å². The Labute approximate surface area is 64.2 Å². The van der Waals surface area contributed by atoms with Gasteiger partial charge in [-0.05, 0) is 6.92 Å². The Morgan fingerprint density at radius 3 is 2.90 bits per heavy atom. The number of nitrogens with two attached hydrogens (primary N) is 1. The van der Waals surface area contributed by atoms with E-state index in [2.05, 4.69) is 9.97 Å². The third-order valence-corrected chi connectivity index (χ3v) is 1.52. The minimum atomic E-state index is 0.408. The van der Waals surface area contributed by atoms with Crippen molar-refractivity contribution in [3.05, 3.63) is 22.7 Å². The molecular formula is C6H8ClN3. The summed E-state index contributed by atoms with van der Waals surface area (Å²) in [5, 5.41) is 0.442. The van der Waals surface area contributed by atoms with Gasteiger partial charge >= 0.3 is 0 Å². The molecule has 0 radical (unpaired) electrons. The highest BCUT2D eigenvalue weighted by atomic mass is 35.5. The van der Waals surface area contributed by atoms with Crippen molar-refractivity contribution in [3.63, 3.8) is 0 Å². The van der Waals surface area contributed by atoms with Crippen LogP contribution in [0.5, 0.6) is 0 Å². The third kappa shape index (κ3) is 1.43. The van der Waals surface area contributed by atoms with Crippen LogP contribution < -0.4 is 5.73 Å². The number of aromatic nitrogens is 2. The van der Waals surface area contributed by atoms with Crippen molar-refractivity contribution in [1.82, 2.24) is 9.97 Å². The van der Waals surface area contributed by atoms with Gasteiger partial charge in [0, 0.05) is 6.54 Å². The predicted octanol–water partition coefficient (Wildman–Crippen LogP) is 0.897. The average molecular weight is 158 g/mol. The van der Waals surface area contributed by atoms with Gasteiger partial charge < -0.3 is 5.73 Å². The molecule has 1 rings (SSSR count). The van der Waals surface area contributed by atoms with E-state index < -0.39 is 0 Å². The molecule has 0 amide bonds. The van der Waals surface area contributed by atoms with E-state index in [-0.39, 0.29) is 0 Å². The van der Waals surface area contributed by atoms with Crippen LogP contribution in [0.2, 0.25) is 5.15 Å². The molecule has 2 N–H and O–H groups in total. The Morgan fingerprint density at radius 2 is 2.40 bits per heavy atom. The summed E-state index contributed by atoms with van der Waals surface area (Å²) >= 11 is 5.62. The molecule has 10 heavy (non-hydrogen) atoms. The summed E-state index contributed by atoms with van der Waals surface area (Å²) < 4.78 is 0. The Balaban J connectivity index is 3.04. The molecule has 0 aromatic carbocycles. The van der Waals surface area contributed by atoms with Gasteiger partial charge in [0.2, 0.25) is 0 Å². The minimum Gasteiger partial charge on any atom is -0.325 e. The molecule has 0 bridgehead atoms. The van der Waals surface area contributed by atoms with Crippen molar-refractivity contribution < 1.29 is 0 Å². The molecule has 1 aromatic rings. The van der Waals surface area contributed by atoms with Gasteiger partial charge in [0.1, 0.15) is 5.15 Å². The zero-order valence-electron chi connectivity index (χ0n) is 5.63. The van der Waals surface area contributed by atoms with E-state index in [1.54, 1.807) is 13.1 Å². The number of nitrogens with zero attached hydrogens (tertiary/aromatic N) is 2. The van der Waals surface area contributed by atoms with Gasteiger partial charge in [-0.1, -0.05) is 11.6 Å². The van der Waals surface area contributed by atoms with Crippen LogP contribution in [0, 0.1) is 6.92 Å². The number of rotatable bonds is 1. The summed E-state index contributed by atoms with van der Waals surface area (Å²) in [4.78, 5) is 7.94. The Bertz CT molecular complexity index is 236. The largest absolute Gasteiger partial charge is 0.325 e. The van der Waals surface area contributed by atoms with Crippen LogP contribution in [0.3, 0.4) is 0 Å². The van der Waals surface area contributed by atoms with Crippen LogP contribution in [0.15, 0.2) is 6.20 Å². The highest BCUT2D eigenvalue weighted by Crippen LogP contribution is 2.07. The Morgan fingerprint density at radius 1 is 1.70 bits per heavy atom. The van der Waals surface area contributed by atoms with Crippen molar-refractivity contribution in [3.8, 4) is 0 Å². The Kier molecular flexibility index (Phi) is 2.19. The molecule has 0 spiro atoms. The van der Waals surface area contributed by atoms with E-state index in [4.69, 9.17) is 17.3 Å². The van der Waals surface area contributed by atoms with Crippen molar-refractivity contribution in [2.75, 3.05) is 0 Å². The number of aryl methyl sites for hydroxylation is 1. The molecule has 1 heterocycles. The van der Waals surface area contributed by atoms with Gasteiger partial charge in [-0.15, -0.1) is 0 Å². The second-order valence-corrected chi connectivity index (χ2v) is 2.30. The lowest BCUT2D eigenvalue weighted by Gasteiger charge is -1.97. The maximum Gasteiger partial charge on any atom is 0.150 e. The van der Waals surface area contributed by atoms with Crippen molar-refractivity contribution in [1.29, 1.82) is 0 Å². The highest BCUT2D eigenvalue weighted by molar-refractivity contribution is 6.29. The van der Waals surface area contributed by atoms with E-state index in [0.29, 0.717) is 11.7 Å². The monoisotopic (exact) mass is 157 g/mol. The lowest BCUT2D eigenvalue weighted by molar-refractivity contribution is 0.939. The fourth-order valence-electron chi connectivity index (χ4n) is 0.613. The molecule has 0 aliphatic carbocycles. The molecular weight excluding hydrogens is 150 g/mol. The normalized spacial score (nSPS) is 9.90. The highest BCUT2D eigenvalue weighted by Gasteiger charge is 1.97. The first-order valence-corrected chi connectivity index (χ1v) is 3.30. The Hall–Kier alpha value is -0.670. The molecule has 0 saturated heterocycles. The summed E-state index contributed by atoms with van der Waals surface area (Å²) in [6, 6.07) is 0. The average Bonchev–Trinajstić information content (AvgIpc) is 1.95. The maximum atomic E-state index is 5.62. The molecule has 0 unspecified atom stereocenters. The summed E-state index contributed by atoms with van der Waals surface area (Å²) in [6.45, 7) is 2.21. The van der Waals surface area contributed by atoms with Crippen LogP contribution in [0.1, 0.15) is 11.4 Å². The molecule has 0 aliphatic rings. The summed E-state index contributed by atoms with van der Waals surface area (Å²) in [5.41, 5.74) is 6.82. The summed E-state index contributed by atoms with van der Waals surface area (Å²) in [6.07, 6.45) is 1.58. The molecule has 0 saturated carbocycles. The zero-order valence-corrected chi connectivity index (χ0v) is 6.39. The second kappa shape index (κ2) is 2.94. The van der Waals surface area contributed by atoms with E-state index in [1.165, 1.54) is 0 Å². The summed E-state index contributed by atoms with van der Waals surface area (Å²) in [7, 11) is 0. The van der Waals surface area contributed by atoms with Crippen LogP contribution in [0.25, 0.3) is 0 Å². The minimum absolute atomic E-state index is 0.408.